The van der Waals surface area contributed by atoms with E-state index < -0.39 is 0 Å². The Morgan fingerprint density at radius 1 is 1.17 bits per heavy atom. The third kappa shape index (κ3) is 4.47. The van der Waals surface area contributed by atoms with Crippen LogP contribution in [0.25, 0.3) is 17.0 Å². The van der Waals surface area contributed by atoms with Crippen LogP contribution in [0.2, 0.25) is 5.02 Å². The van der Waals surface area contributed by atoms with Gasteiger partial charge < -0.3 is 16.4 Å². The Morgan fingerprint density at radius 3 is 2.53 bits per heavy atom. The molecule has 3 aromatic rings. The van der Waals surface area contributed by atoms with Crippen LogP contribution in [0.1, 0.15) is 55.5 Å². The Morgan fingerprint density at radius 2 is 1.92 bits per heavy atom. The lowest BCUT2D eigenvalue weighted by atomic mass is 9.95. The van der Waals surface area contributed by atoms with Crippen LogP contribution in [-0.4, -0.2) is 31.7 Å². The van der Waals surface area contributed by atoms with Crippen LogP contribution in [0.4, 0.5) is 5.82 Å². The van der Waals surface area contributed by atoms with Crippen molar-refractivity contribution in [2.24, 2.45) is 5.73 Å². The molecule has 3 heterocycles. The molecular weight excluding hydrogens is 468 g/mol. The van der Waals surface area contributed by atoms with E-state index >= 15 is 0 Å². The summed E-state index contributed by atoms with van der Waals surface area (Å²) in [4.78, 5) is 6.76. The summed E-state index contributed by atoms with van der Waals surface area (Å²) in [7, 11) is 0. The second-order valence-corrected chi connectivity index (χ2v) is 10.2. The molecule has 2 aromatic heterocycles. The van der Waals surface area contributed by atoms with Gasteiger partial charge in [-0.25, -0.2) is 4.68 Å². The number of piperidine rings is 1. The molecule has 184 valence electrons. The van der Waals surface area contributed by atoms with Gasteiger partial charge in [0.15, 0.2) is 0 Å². The van der Waals surface area contributed by atoms with Crippen molar-refractivity contribution in [1.29, 1.82) is 0 Å². The summed E-state index contributed by atoms with van der Waals surface area (Å²) < 4.78 is 1.93. The van der Waals surface area contributed by atoms with Crippen LogP contribution in [0.15, 0.2) is 61.4 Å². The highest BCUT2D eigenvalue weighted by atomic mass is 35.5. The Balaban J connectivity index is 1.43. The van der Waals surface area contributed by atoms with Gasteiger partial charge >= 0.3 is 0 Å². The van der Waals surface area contributed by atoms with Gasteiger partial charge in [0.1, 0.15) is 11.5 Å². The Bertz CT molecular complexity index is 1370. The number of pyridine rings is 1. The van der Waals surface area contributed by atoms with Gasteiger partial charge in [-0.3, -0.25) is 4.98 Å². The van der Waals surface area contributed by atoms with E-state index in [1.54, 1.807) is 6.20 Å². The number of aromatic nitrogens is 3. The maximum atomic E-state index is 6.65. The van der Waals surface area contributed by atoms with E-state index in [9.17, 15) is 0 Å². The molecule has 2 fully saturated rings. The van der Waals surface area contributed by atoms with Gasteiger partial charge in [-0.05, 0) is 50.3 Å². The smallest absolute Gasteiger partial charge is 0.132 e. The molecule has 1 aromatic carbocycles. The Labute approximate surface area is 217 Å². The lowest BCUT2D eigenvalue weighted by molar-refractivity contribution is 0.133. The maximum Gasteiger partial charge on any atom is 0.132 e. The molecule has 2 aliphatic rings. The second kappa shape index (κ2) is 9.40. The molecule has 1 aliphatic heterocycles. The minimum Gasteiger partial charge on any atom is -0.399 e. The van der Waals surface area contributed by atoms with Gasteiger partial charge in [-0.1, -0.05) is 60.9 Å². The SMILES string of the molecule is C=C(N)c1c(-c2ccc(Cc3ccc(Cl)cn3)cc2)nn(C2CCC3(CC3)N(C(=C)C#CC)C2)c1N. The van der Waals surface area contributed by atoms with Gasteiger partial charge in [0.05, 0.1) is 22.3 Å². The van der Waals surface area contributed by atoms with E-state index in [0.717, 1.165) is 47.6 Å². The number of nitrogens with zero attached hydrogens (tertiary/aromatic N) is 4. The van der Waals surface area contributed by atoms with Crippen LogP contribution in [0.5, 0.6) is 0 Å². The summed E-state index contributed by atoms with van der Waals surface area (Å²) in [5.41, 5.74) is 18.9. The third-order valence-corrected chi connectivity index (χ3v) is 7.57. The van der Waals surface area contributed by atoms with Gasteiger partial charge in [-0.15, -0.1) is 0 Å². The fourth-order valence-corrected chi connectivity index (χ4v) is 5.39. The minimum absolute atomic E-state index is 0.105. The van der Waals surface area contributed by atoms with Crippen LogP contribution >= 0.6 is 11.6 Å². The number of halogens is 1. The Hall–Kier alpha value is -3.69. The van der Waals surface area contributed by atoms with Crippen molar-refractivity contribution in [2.75, 3.05) is 12.3 Å². The van der Waals surface area contributed by atoms with Crippen LogP contribution < -0.4 is 11.5 Å². The number of allylic oxidation sites excluding steroid dienone is 1. The molecule has 1 saturated heterocycles. The molecule has 4 N–H and O–H groups in total. The van der Waals surface area contributed by atoms with Crippen LogP contribution in [0.3, 0.4) is 0 Å². The van der Waals surface area contributed by atoms with E-state index in [-0.39, 0.29) is 11.6 Å². The quantitative estimate of drug-likeness (QED) is 0.444. The first-order chi connectivity index (χ1) is 17.3. The summed E-state index contributed by atoms with van der Waals surface area (Å²) in [6.07, 6.45) is 6.83. The van der Waals surface area contributed by atoms with Crippen molar-refractivity contribution in [1.82, 2.24) is 19.7 Å². The Kier molecular flexibility index (Phi) is 6.27. The third-order valence-electron chi connectivity index (χ3n) is 7.35. The van der Waals surface area contributed by atoms with E-state index in [1.807, 2.05) is 23.7 Å². The van der Waals surface area contributed by atoms with Crippen LogP contribution in [-0.2, 0) is 6.42 Å². The number of likely N-dealkylation sites (tertiary alicyclic amines) is 1. The zero-order chi connectivity index (χ0) is 25.4. The van der Waals surface area contributed by atoms with Crippen molar-refractivity contribution in [2.45, 2.75) is 50.6 Å². The fraction of sp³-hybridized carbons (Fsp3) is 0.310. The first-order valence-corrected chi connectivity index (χ1v) is 12.6. The van der Waals surface area contributed by atoms with E-state index in [0.29, 0.717) is 28.5 Å². The minimum atomic E-state index is 0.105. The molecule has 1 atom stereocenters. The normalized spacial score (nSPS) is 17.9. The summed E-state index contributed by atoms with van der Waals surface area (Å²) in [5, 5.41) is 5.62. The fourth-order valence-electron chi connectivity index (χ4n) is 5.28. The molecule has 0 bridgehead atoms. The molecule has 1 aliphatic carbocycles. The highest BCUT2D eigenvalue weighted by Gasteiger charge is 2.51. The molecule has 1 unspecified atom stereocenters. The van der Waals surface area contributed by atoms with Gasteiger partial charge in [0.2, 0.25) is 0 Å². The summed E-state index contributed by atoms with van der Waals surface area (Å²) >= 11 is 5.96. The second-order valence-electron chi connectivity index (χ2n) is 9.77. The maximum absolute atomic E-state index is 6.65. The van der Waals surface area contributed by atoms with Crippen molar-refractivity contribution in [3.05, 3.63) is 83.3 Å². The average Bonchev–Trinajstić information content (AvgIpc) is 3.54. The number of nitrogen functional groups attached to an aromatic ring is 1. The molecule has 0 radical (unpaired) electrons. The largest absolute Gasteiger partial charge is 0.399 e. The highest BCUT2D eigenvalue weighted by Crippen LogP contribution is 2.52. The van der Waals surface area contributed by atoms with Crippen molar-refractivity contribution < 1.29 is 0 Å². The molecule has 7 heteroatoms. The average molecular weight is 499 g/mol. The number of benzene rings is 1. The van der Waals surface area contributed by atoms with Gasteiger partial charge in [-0.2, -0.15) is 5.10 Å². The lowest BCUT2D eigenvalue weighted by Crippen LogP contribution is -2.45. The molecule has 0 amide bonds. The van der Waals surface area contributed by atoms with Crippen molar-refractivity contribution >= 4 is 23.1 Å². The number of hydrogen-bond acceptors (Lipinski definition) is 5. The summed E-state index contributed by atoms with van der Waals surface area (Å²) in [6, 6.07) is 12.2. The zero-order valence-corrected chi connectivity index (χ0v) is 21.4. The van der Waals surface area contributed by atoms with Crippen molar-refractivity contribution in [3.63, 3.8) is 0 Å². The van der Waals surface area contributed by atoms with Gasteiger partial charge in [0.25, 0.3) is 0 Å². The number of rotatable bonds is 6. The lowest BCUT2D eigenvalue weighted by Gasteiger charge is -2.41. The standard InChI is InChI=1S/C29H31ClN6/c1-4-5-19(2)35-18-25(12-13-29(35)14-15-29)36-28(32)26(20(3)31)27(34-36)22-8-6-21(7-9-22)16-24-11-10-23(30)17-33-24/h6-11,17,25H,2-3,12-16,18,31-32H2,1H3. The van der Waals surface area contributed by atoms with E-state index in [4.69, 9.17) is 28.2 Å². The number of anilines is 1. The number of hydrogen-bond donors (Lipinski definition) is 2. The molecule has 1 saturated carbocycles. The summed E-state index contributed by atoms with van der Waals surface area (Å²) in [5.74, 6) is 6.70. The van der Waals surface area contributed by atoms with Crippen molar-refractivity contribution in [3.8, 4) is 23.1 Å². The number of nitrogens with two attached hydrogens (primary N) is 2. The highest BCUT2D eigenvalue weighted by molar-refractivity contribution is 6.30. The first-order valence-electron chi connectivity index (χ1n) is 12.2. The monoisotopic (exact) mass is 498 g/mol. The molecule has 1 spiro atoms. The van der Waals surface area contributed by atoms with Crippen LogP contribution in [0, 0.1) is 11.8 Å². The molecule has 36 heavy (non-hydrogen) atoms. The first kappa shape index (κ1) is 24.0. The predicted molar refractivity (Wildman–Crippen MR) is 147 cm³/mol. The molecule has 5 rings (SSSR count). The predicted octanol–water partition coefficient (Wildman–Crippen LogP) is 5.41. The summed E-state index contributed by atoms with van der Waals surface area (Å²) in [6.45, 7) is 10.9. The zero-order valence-electron chi connectivity index (χ0n) is 20.6. The molecule has 6 nitrogen and oxygen atoms in total. The molecular formula is C29H31ClN6. The topological polar surface area (TPSA) is 86.0 Å². The van der Waals surface area contributed by atoms with E-state index in [1.165, 1.54) is 12.8 Å². The van der Waals surface area contributed by atoms with Gasteiger partial charge in [0, 0.05) is 41.7 Å². The van der Waals surface area contributed by atoms with E-state index in [2.05, 4.69) is 59.1 Å².